The summed E-state index contributed by atoms with van der Waals surface area (Å²) in [5.74, 6) is 0.0486. The van der Waals surface area contributed by atoms with Crippen LogP contribution in [0.5, 0.6) is 0 Å². The van der Waals surface area contributed by atoms with Gasteiger partial charge in [-0.25, -0.2) is 13.5 Å². The number of ether oxygens (including phenoxy) is 1. The Morgan fingerprint density at radius 1 is 1.59 bits per heavy atom. The van der Waals surface area contributed by atoms with Crippen molar-refractivity contribution < 1.29 is 13.2 Å². The third-order valence-electron chi connectivity index (χ3n) is 2.52. The minimum atomic E-state index is -3.10. The SMILES string of the molecule is O=c1cc(NCC2COCCS2(=O)=O)cn[nH]1. The number of aromatic amines is 1. The van der Waals surface area contributed by atoms with Crippen LogP contribution in [0.15, 0.2) is 17.1 Å². The third-order valence-corrected chi connectivity index (χ3v) is 4.58. The van der Waals surface area contributed by atoms with E-state index in [9.17, 15) is 13.2 Å². The first kappa shape index (κ1) is 12.1. The molecule has 0 bridgehead atoms. The van der Waals surface area contributed by atoms with Gasteiger partial charge in [0.2, 0.25) is 0 Å². The lowest BCUT2D eigenvalue weighted by molar-refractivity contribution is 0.140. The van der Waals surface area contributed by atoms with Crippen molar-refractivity contribution in [3.8, 4) is 0 Å². The van der Waals surface area contributed by atoms with E-state index >= 15 is 0 Å². The number of anilines is 1. The van der Waals surface area contributed by atoms with Crippen LogP contribution >= 0.6 is 0 Å². The second kappa shape index (κ2) is 4.84. The van der Waals surface area contributed by atoms with E-state index in [0.717, 1.165) is 0 Å². The lowest BCUT2D eigenvalue weighted by Gasteiger charge is -2.22. The predicted molar refractivity (Wildman–Crippen MR) is 61.7 cm³/mol. The van der Waals surface area contributed by atoms with Crippen LogP contribution in [0.25, 0.3) is 0 Å². The highest BCUT2D eigenvalue weighted by Crippen LogP contribution is 2.10. The van der Waals surface area contributed by atoms with Crippen LogP contribution in [0.2, 0.25) is 0 Å². The lowest BCUT2D eigenvalue weighted by Crippen LogP contribution is -2.40. The second-order valence-electron chi connectivity index (χ2n) is 3.78. The second-order valence-corrected chi connectivity index (χ2v) is 6.18. The van der Waals surface area contributed by atoms with Gasteiger partial charge in [-0.05, 0) is 0 Å². The van der Waals surface area contributed by atoms with Gasteiger partial charge < -0.3 is 10.1 Å². The number of hydrogen-bond acceptors (Lipinski definition) is 6. The maximum Gasteiger partial charge on any atom is 0.266 e. The Morgan fingerprint density at radius 3 is 3.12 bits per heavy atom. The molecular formula is C9H13N3O4S. The van der Waals surface area contributed by atoms with Crippen LogP contribution in [0.4, 0.5) is 5.69 Å². The van der Waals surface area contributed by atoms with Crippen molar-refractivity contribution in [1.29, 1.82) is 0 Å². The molecule has 0 aromatic carbocycles. The van der Waals surface area contributed by atoms with Crippen LogP contribution in [0.3, 0.4) is 0 Å². The van der Waals surface area contributed by atoms with Crippen LogP contribution < -0.4 is 10.9 Å². The van der Waals surface area contributed by atoms with Crippen molar-refractivity contribution in [2.24, 2.45) is 0 Å². The number of nitrogens with one attached hydrogen (secondary N) is 2. The van der Waals surface area contributed by atoms with E-state index in [0.29, 0.717) is 5.69 Å². The zero-order valence-electron chi connectivity index (χ0n) is 9.05. The Bertz CT molecular complexity index is 539. The van der Waals surface area contributed by atoms with E-state index in [-0.39, 0.29) is 31.1 Å². The quantitative estimate of drug-likeness (QED) is 0.721. The van der Waals surface area contributed by atoms with Crippen molar-refractivity contribution in [3.63, 3.8) is 0 Å². The van der Waals surface area contributed by atoms with Gasteiger partial charge in [0.1, 0.15) is 5.25 Å². The number of rotatable bonds is 3. The minimum absolute atomic E-state index is 0.0486. The van der Waals surface area contributed by atoms with Gasteiger partial charge in [-0.15, -0.1) is 0 Å². The molecule has 8 heteroatoms. The minimum Gasteiger partial charge on any atom is -0.382 e. The first-order chi connectivity index (χ1) is 8.08. The highest BCUT2D eigenvalue weighted by molar-refractivity contribution is 7.92. The summed E-state index contributed by atoms with van der Waals surface area (Å²) in [6.07, 6.45) is 1.43. The molecular weight excluding hydrogens is 246 g/mol. The summed E-state index contributed by atoms with van der Waals surface area (Å²) in [6, 6.07) is 1.32. The van der Waals surface area contributed by atoms with Gasteiger partial charge in [0.15, 0.2) is 9.84 Å². The molecule has 2 rings (SSSR count). The van der Waals surface area contributed by atoms with E-state index in [2.05, 4.69) is 15.5 Å². The monoisotopic (exact) mass is 259 g/mol. The molecule has 1 aliphatic heterocycles. The maximum atomic E-state index is 11.7. The van der Waals surface area contributed by atoms with Gasteiger partial charge in [-0.2, -0.15) is 5.10 Å². The zero-order chi connectivity index (χ0) is 12.3. The van der Waals surface area contributed by atoms with Crippen LogP contribution in [0, 0.1) is 0 Å². The highest BCUT2D eigenvalue weighted by atomic mass is 32.2. The Kier molecular flexibility index (Phi) is 3.43. The normalized spacial score (nSPS) is 23.2. The number of hydrogen-bond donors (Lipinski definition) is 2. The van der Waals surface area contributed by atoms with Crippen molar-refractivity contribution in [3.05, 3.63) is 22.6 Å². The standard InChI is InChI=1S/C9H13N3O4S/c13-9-3-7(4-11-12-9)10-5-8-6-16-1-2-17(8,14)15/h3-4,8H,1-2,5-6H2,(H2,10,12,13). The van der Waals surface area contributed by atoms with Crippen molar-refractivity contribution >= 4 is 15.5 Å². The fourth-order valence-corrected chi connectivity index (χ4v) is 2.87. The number of nitrogens with zero attached hydrogens (tertiary/aromatic N) is 1. The van der Waals surface area contributed by atoms with Gasteiger partial charge in [-0.3, -0.25) is 4.79 Å². The molecule has 1 aromatic heterocycles. The van der Waals surface area contributed by atoms with Gasteiger partial charge >= 0.3 is 0 Å². The van der Waals surface area contributed by atoms with E-state index in [1.165, 1.54) is 12.3 Å². The molecule has 2 heterocycles. The molecule has 0 spiro atoms. The van der Waals surface area contributed by atoms with Crippen molar-refractivity contribution in [2.45, 2.75) is 5.25 Å². The molecule has 2 N–H and O–H groups in total. The smallest absolute Gasteiger partial charge is 0.266 e. The Hall–Kier alpha value is -1.41. The van der Waals surface area contributed by atoms with E-state index in [1.807, 2.05) is 0 Å². The summed E-state index contributed by atoms with van der Waals surface area (Å²) in [5.41, 5.74) is 0.160. The maximum absolute atomic E-state index is 11.7. The van der Waals surface area contributed by atoms with E-state index in [4.69, 9.17) is 4.74 Å². The summed E-state index contributed by atoms with van der Waals surface area (Å²) in [6.45, 7) is 0.658. The van der Waals surface area contributed by atoms with Gasteiger partial charge in [0.05, 0.1) is 30.9 Å². The molecule has 0 amide bonds. The number of aromatic nitrogens is 2. The fourth-order valence-electron chi connectivity index (χ4n) is 1.55. The largest absolute Gasteiger partial charge is 0.382 e. The summed E-state index contributed by atoms with van der Waals surface area (Å²) in [7, 11) is -3.10. The number of H-pyrrole nitrogens is 1. The predicted octanol–water partition coefficient (Wildman–Crippen LogP) is -1.00. The van der Waals surface area contributed by atoms with Crippen LogP contribution in [-0.2, 0) is 14.6 Å². The highest BCUT2D eigenvalue weighted by Gasteiger charge is 2.29. The first-order valence-electron chi connectivity index (χ1n) is 5.16. The molecule has 0 saturated carbocycles. The van der Waals surface area contributed by atoms with E-state index in [1.54, 1.807) is 0 Å². The third kappa shape index (κ3) is 3.04. The van der Waals surface area contributed by atoms with Gasteiger partial charge in [0, 0.05) is 12.6 Å². The van der Waals surface area contributed by atoms with Crippen molar-refractivity contribution in [1.82, 2.24) is 10.2 Å². The summed E-state index contributed by atoms with van der Waals surface area (Å²) < 4.78 is 28.5. The van der Waals surface area contributed by atoms with E-state index < -0.39 is 15.1 Å². The lowest BCUT2D eigenvalue weighted by atomic mass is 10.4. The molecule has 1 atom stereocenters. The van der Waals surface area contributed by atoms with Gasteiger partial charge in [0.25, 0.3) is 5.56 Å². The van der Waals surface area contributed by atoms with Crippen LogP contribution in [0.1, 0.15) is 0 Å². The Morgan fingerprint density at radius 2 is 2.41 bits per heavy atom. The molecule has 1 saturated heterocycles. The molecule has 0 aliphatic carbocycles. The summed E-state index contributed by atoms with van der Waals surface area (Å²) in [4.78, 5) is 11.0. The molecule has 17 heavy (non-hydrogen) atoms. The molecule has 1 aromatic rings. The average molecular weight is 259 g/mol. The van der Waals surface area contributed by atoms with Crippen LogP contribution in [-0.4, -0.2) is 49.4 Å². The summed E-state index contributed by atoms with van der Waals surface area (Å²) in [5, 5.41) is 8.14. The molecule has 94 valence electrons. The Balaban J connectivity index is 2.00. The number of sulfone groups is 1. The summed E-state index contributed by atoms with van der Waals surface area (Å²) >= 11 is 0. The molecule has 7 nitrogen and oxygen atoms in total. The van der Waals surface area contributed by atoms with Crippen molar-refractivity contribution in [2.75, 3.05) is 30.8 Å². The first-order valence-corrected chi connectivity index (χ1v) is 6.87. The molecule has 0 radical (unpaired) electrons. The fraction of sp³-hybridized carbons (Fsp3) is 0.556. The zero-order valence-corrected chi connectivity index (χ0v) is 9.87. The molecule has 1 aliphatic rings. The molecule has 1 unspecified atom stereocenters. The average Bonchev–Trinajstić information content (AvgIpc) is 2.27. The Labute approximate surface area is 98.1 Å². The van der Waals surface area contributed by atoms with Gasteiger partial charge in [-0.1, -0.05) is 0 Å². The topological polar surface area (TPSA) is 101 Å². The molecule has 1 fully saturated rings.